The van der Waals surface area contributed by atoms with Crippen molar-refractivity contribution in [3.05, 3.63) is 40.8 Å². The predicted molar refractivity (Wildman–Crippen MR) is 52.0 cm³/mol. The second-order valence-electron chi connectivity index (χ2n) is 2.55. The van der Waals surface area contributed by atoms with Crippen molar-refractivity contribution >= 4 is 22.5 Å². The number of aldehydes is 1. The van der Waals surface area contributed by atoms with Crippen LogP contribution in [0.2, 0.25) is 0 Å². The topological polar surface area (TPSA) is 71.4 Å². The molecule has 0 amide bonds. The molecule has 0 heterocycles. The molecule has 14 heavy (non-hydrogen) atoms. The first-order valence-corrected chi connectivity index (χ1v) is 5.17. The molecule has 0 aromatic heterocycles. The van der Waals surface area contributed by atoms with Gasteiger partial charge in [0.2, 0.25) is 0 Å². The smallest absolute Gasteiger partial charge is 0.297 e. The minimum Gasteiger partial charge on any atom is -0.297 e. The van der Waals surface area contributed by atoms with Crippen LogP contribution in [-0.4, -0.2) is 19.3 Å². The van der Waals surface area contributed by atoms with E-state index in [-0.39, 0.29) is 6.29 Å². The summed E-state index contributed by atoms with van der Waals surface area (Å²) in [6.07, 6.45) is 1.20. The molecule has 0 aliphatic rings. The van der Waals surface area contributed by atoms with E-state index in [1.807, 2.05) is 0 Å². The van der Waals surface area contributed by atoms with E-state index in [0.29, 0.717) is 5.56 Å². The van der Waals surface area contributed by atoms with E-state index in [4.69, 9.17) is 4.55 Å². The highest BCUT2D eigenvalue weighted by molar-refractivity contribution is 7.90. The first-order valence-electron chi connectivity index (χ1n) is 3.73. The lowest BCUT2D eigenvalue weighted by molar-refractivity contribution is -0.104. The van der Waals surface area contributed by atoms with Crippen LogP contribution in [-0.2, 0) is 14.9 Å². The molecule has 0 bridgehead atoms. The molecule has 0 saturated carbocycles. The molecular weight excluding hydrogens is 204 g/mol. The Bertz CT molecular complexity index is 445. The Balaban J connectivity index is 3.15. The third-order valence-electron chi connectivity index (χ3n) is 1.52. The van der Waals surface area contributed by atoms with Gasteiger partial charge in [0.25, 0.3) is 10.1 Å². The second-order valence-corrected chi connectivity index (χ2v) is 3.97. The molecule has 74 valence electrons. The maximum Gasteiger partial charge on any atom is 0.297 e. The summed E-state index contributed by atoms with van der Waals surface area (Å²) in [6.45, 7) is 0. The number of allylic oxidation sites excluding steroid dienone is 1. The summed E-state index contributed by atoms with van der Waals surface area (Å²) in [5.41, 5.74) is 0.534. The van der Waals surface area contributed by atoms with Crippen LogP contribution in [0.1, 0.15) is 5.56 Å². The Morgan fingerprint density at radius 1 is 1.21 bits per heavy atom. The third kappa shape index (κ3) is 2.79. The highest BCUT2D eigenvalue weighted by Crippen LogP contribution is 2.08. The maximum atomic E-state index is 10.6. The van der Waals surface area contributed by atoms with Crippen molar-refractivity contribution in [3.8, 4) is 0 Å². The van der Waals surface area contributed by atoms with Gasteiger partial charge in [0.1, 0.15) is 4.91 Å². The van der Waals surface area contributed by atoms with Gasteiger partial charge in [-0.1, -0.05) is 30.3 Å². The number of hydrogen-bond donors (Lipinski definition) is 1. The van der Waals surface area contributed by atoms with Gasteiger partial charge in [0.15, 0.2) is 6.29 Å². The summed E-state index contributed by atoms with van der Waals surface area (Å²) in [5, 5.41) is 0. The Kier molecular flexibility index (Phi) is 3.16. The van der Waals surface area contributed by atoms with Crippen LogP contribution in [0.5, 0.6) is 0 Å². The summed E-state index contributed by atoms with van der Waals surface area (Å²) < 4.78 is 29.9. The SMILES string of the molecule is O=CC(=Cc1ccccc1)S(=O)(=O)O. The van der Waals surface area contributed by atoms with Crippen molar-refractivity contribution in [1.82, 2.24) is 0 Å². The van der Waals surface area contributed by atoms with Gasteiger partial charge in [0, 0.05) is 0 Å². The molecule has 1 rings (SSSR count). The van der Waals surface area contributed by atoms with E-state index in [2.05, 4.69) is 0 Å². The zero-order valence-electron chi connectivity index (χ0n) is 7.12. The van der Waals surface area contributed by atoms with E-state index in [1.54, 1.807) is 30.3 Å². The quantitative estimate of drug-likeness (QED) is 0.463. The molecule has 5 heteroatoms. The van der Waals surface area contributed by atoms with Crippen LogP contribution in [0, 0.1) is 0 Å². The summed E-state index contributed by atoms with van der Waals surface area (Å²) >= 11 is 0. The lowest BCUT2D eigenvalue weighted by Gasteiger charge is -1.95. The molecule has 0 aliphatic carbocycles. The summed E-state index contributed by atoms with van der Waals surface area (Å²) in [6, 6.07) is 8.38. The normalized spacial score (nSPS) is 12.5. The number of rotatable bonds is 3. The van der Waals surface area contributed by atoms with Crippen LogP contribution < -0.4 is 0 Å². The molecule has 0 unspecified atom stereocenters. The Hall–Kier alpha value is -1.46. The average Bonchev–Trinajstić information content (AvgIpc) is 2.14. The molecule has 0 spiro atoms. The first-order chi connectivity index (χ1) is 6.54. The van der Waals surface area contributed by atoms with Crippen molar-refractivity contribution in [1.29, 1.82) is 0 Å². The van der Waals surface area contributed by atoms with Crippen LogP contribution in [0.4, 0.5) is 0 Å². The van der Waals surface area contributed by atoms with Gasteiger partial charge >= 0.3 is 0 Å². The van der Waals surface area contributed by atoms with Crippen LogP contribution in [0.25, 0.3) is 6.08 Å². The Morgan fingerprint density at radius 2 is 1.79 bits per heavy atom. The minimum absolute atomic E-state index is 0.0995. The van der Waals surface area contributed by atoms with Gasteiger partial charge in [-0.05, 0) is 11.6 Å². The van der Waals surface area contributed by atoms with Gasteiger partial charge < -0.3 is 0 Å². The minimum atomic E-state index is -4.42. The van der Waals surface area contributed by atoms with E-state index in [9.17, 15) is 13.2 Å². The zero-order valence-corrected chi connectivity index (χ0v) is 7.94. The van der Waals surface area contributed by atoms with E-state index in [0.717, 1.165) is 6.08 Å². The van der Waals surface area contributed by atoms with Gasteiger partial charge in [-0.2, -0.15) is 8.42 Å². The van der Waals surface area contributed by atoms with E-state index < -0.39 is 15.0 Å². The molecule has 0 radical (unpaired) electrons. The molecule has 1 aromatic carbocycles. The van der Waals surface area contributed by atoms with Crippen LogP contribution in [0.3, 0.4) is 0 Å². The zero-order chi connectivity index (χ0) is 10.6. The number of carbonyl (C=O) groups is 1. The molecule has 0 atom stereocenters. The summed E-state index contributed by atoms with van der Waals surface area (Å²) in [5.74, 6) is 0. The number of carbonyl (C=O) groups excluding carboxylic acids is 1. The van der Waals surface area contributed by atoms with Crippen molar-refractivity contribution in [2.24, 2.45) is 0 Å². The molecule has 1 aromatic rings. The van der Waals surface area contributed by atoms with Crippen molar-refractivity contribution in [3.63, 3.8) is 0 Å². The van der Waals surface area contributed by atoms with Gasteiger partial charge in [0.05, 0.1) is 0 Å². The molecule has 1 N–H and O–H groups in total. The molecule has 4 nitrogen and oxygen atoms in total. The second kappa shape index (κ2) is 4.17. The van der Waals surface area contributed by atoms with E-state index in [1.165, 1.54) is 0 Å². The Morgan fingerprint density at radius 3 is 2.21 bits per heavy atom. The van der Waals surface area contributed by atoms with Crippen molar-refractivity contribution < 1.29 is 17.8 Å². The number of benzene rings is 1. The largest absolute Gasteiger partial charge is 0.297 e. The van der Waals surface area contributed by atoms with Crippen molar-refractivity contribution in [2.45, 2.75) is 0 Å². The van der Waals surface area contributed by atoms with E-state index >= 15 is 0 Å². The summed E-state index contributed by atoms with van der Waals surface area (Å²) in [7, 11) is -4.42. The Labute approximate surface area is 81.6 Å². The van der Waals surface area contributed by atoms with Gasteiger partial charge in [-0.15, -0.1) is 0 Å². The summed E-state index contributed by atoms with van der Waals surface area (Å²) in [4.78, 5) is 9.70. The van der Waals surface area contributed by atoms with Gasteiger partial charge in [-0.3, -0.25) is 9.35 Å². The number of hydrogen-bond acceptors (Lipinski definition) is 3. The highest BCUT2D eigenvalue weighted by Gasteiger charge is 2.11. The highest BCUT2D eigenvalue weighted by atomic mass is 32.2. The molecular formula is C9H8O4S. The fourth-order valence-electron chi connectivity index (χ4n) is 0.883. The molecule has 0 fully saturated rings. The lowest BCUT2D eigenvalue weighted by atomic mass is 10.2. The maximum absolute atomic E-state index is 10.6. The van der Waals surface area contributed by atoms with Crippen molar-refractivity contribution in [2.75, 3.05) is 0 Å². The average molecular weight is 212 g/mol. The molecule has 0 aliphatic heterocycles. The monoisotopic (exact) mass is 212 g/mol. The predicted octanol–water partition coefficient (Wildman–Crippen LogP) is 1.11. The molecule has 0 saturated heterocycles. The lowest BCUT2D eigenvalue weighted by Crippen LogP contribution is -2.02. The third-order valence-corrected chi connectivity index (χ3v) is 2.33. The fraction of sp³-hybridized carbons (Fsp3) is 0. The van der Waals surface area contributed by atoms with Crippen LogP contribution in [0.15, 0.2) is 35.2 Å². The fourth-order valence-corrected chi connectivity index (χ4v) is 1.29. The van der Waals surface area contributed by atoms with Gasteiger partial charge in [-0.25, -0.2) is 0 Å². The standard InChI is InChI=1S/C9H8O4S/c10-7-9(14(11,12)13)6-8-4-2-1-3-5-8/h1-7H,(H,11,12,13). The first kappa shape index (κ1) is 10.6. The van der Waals surface area contributed by atoms with Crippen LogP contribution >= 0.6 is 0 Å².